The van der Waals surface area contributed by atoms with Gasteiger partial charge in [-0.3, -0.25) is 4.98 Å². The minimum absolute atomic E-state index is 0.129. The van der Waals surface area contributed by atoms with Gasteiger partial charge in [0.25, 0.3) is 0 Å². The summed E-state index contributed by atoms with van der Waals surface area (Å²) in [4.78, 5) is 25.7. The van der Waals surface area contributed by atoms with E-state index in [1.165, 1.54) is 7.41 Å². The van der Waals surface area contributed by atoms with Crippen molar-refractivity contribution in [2.24, 2.45) is 0 Å². The molecule has 32 heavy (non-hydrogen) atoms. The number of aliphatic hydroxyl groups is 1. The maximum Gasteiger partial charge on any atom is 0.329 e. The average Bonchev–Trinajstić information content (AvgIpc) is 3.11. The molecule has 10 heteroatoms. The third-order valence-electron chi connectivity index (χ3n) is 5.48. The second-order valence-corrected chi connectivity index (χ2v) is 7.63. The van der Waals surface area contributed by atoms with Crippen molar-refractivity contribution in [2.75, 3.05) is 30.4 Å². The summed E-state index contributed by atoms with van der Waals surface area (Å²) in [6, 6.07) is 9.35. The number of anilines is 3. The fourth-order valence-corrected chi connectivity index (χ4v) is 3.86. The Balaban J connectivity index is 1.77. The Morgan fingerprint density at radius 2 is 2.25 bits per heavy atom. The third kappa shape index (κ3) is 3.74. The van der Waals surface area contributed by atoms with Crippen LogP contribution in [0.3, 0.4) is 0 Å². The zero-order chi connectivity index (χ0) is 22.7. The van der Waals surface area contributed by atoms with E-state index in [-0.39, 0.29) is 6.61 Å². The first-order valence-electron chi connectivity index (χ1n) is 9.86. The molecule has 0 saturated heterocycles. The maximum absolute atomic E-state index is 11.1. The van der Waals surface area contributed by atoms with E-state index < -0.39 is 5.41 Å². The highest BCUT2D eigenvalue weighted by Crippen LogP contribution is 2.44. The minimum Gasteiger partial charge on any atom is -0.493 e. The lowest BCUT2D eigenvalue weighted by Crippen LogP contribution is -2.36. The van der Waals surface area contributed by atoms with Crippen LogP contribution in [0.2, 0.25) is 0 Å². The summed E-state index contributed by atoms with van der Waals surface area (Å²) >= 11 is 0. The van der Waals surface area contributed by atoms with Crippen molar-refractivity contribution in [2.45, 2.75) is 12.3 Å². The fraction of sp³-hybridized carbons (Fsp3) is 0.227. The van der Waals surface area contributed by atoms with Gasteiger partial charge in [-0.1, -0.05) is 6.92 Å². The molecule has 2 aromatic heterocycles. The van der Waals surface area contributed by atoms with Crippen molar-refractivity contribution < 1.29 is 14.6 Å². The Labute approximate surface area is 186 Å². The molecule has 9 nitrogen and oxygen atoms in total. The van der Waals surface area contributed by atoms with Crippen LogP contribution in [0.15, 0.2) is 42.9 Å². The van der Waals surface area contributed by atoms with Crippen molar-refractivity contribution in [3.8, 4) is 23.1 Å². The molecule has 1 atom stereocenters. The van der Waals surface area contributed by atoms with Crippen LogP contribution in [0.1, 0.15) is 18.1 Å². The highest BCUT2D eigenvalue weighted by atomic mass is 16.5. The molecule has 0 saturated carbocycles. The fourth-order valence-electron chi connectivity index (χ4n) is 3.86. The normalized spacial score (nSPS) is 16.8. The molecule has 1 aliphatic heterocycles. The van der Waals surface area contributed by atoms with Crippen molar-refractivity contribution >= 4 is 30.9 Å². The van der Waals surface area contributed by atoms with Crippen LogP contribution < -0.4 is 14.9 Å². The summed E-state index contributed by atoms with van der Waals surface area (Å²) in [6.45, 7) is 2.17. The predicted molar refractivity (Wildman–Crippen MR) is 121 cm³/mol. The summed E-state index contributed by atoms with van der Waals surface area (Å²) < 4.78 is 5.31. The van der Waals surface area contributed by atoms with Crippen LogP contribution in [0.25, 0.3) is 11.3 Å². The molecule has 1 aliphatic rings. The molecule has 0 spiro atoms. The van der Waals surface area contributed by atoms with Crippen molar-refractivity contribution in [3.63, 3.8) is 0 Å². The summed E-state index contributed by atoms with van der Waals surface area (Å²) in [7, 11) is 2.94. The number of hydrogen-bond acceptors (Lipinski definition) is 9. The zero-order valence-corrected chi connectivity index (χ0v) is 17.6. The van der Waals surface area contributed by atoms with Gasteiger partial charge in [-0.25, -0.2) is 9.97 Å². The SMILES string of the molecule is COc1cnccc1Nc1nccc(-c2cc(C#N)c3c(c2)[C@@](C)(CO)CN3[B]C=O)n1. The number of nitriles is 1. The van der Waals surface area contributed by atoms with E-state index in [1.54, 1.807) is 48.7 Å². The van der Waals surface area contributed by atoms with Crippen LogP contribution in [-0.2, 0) is 10.2 Å². The van der Waals surface area contributed by atoms with E-state index in [0.29, 0.717) is 52.6 Å². The van der Waals surface area contributed by atoms with Crippen LogP contribution >= 0.6 is 0 Å². The Kier molecular flexibility index (Phi) is 5.75. The molecule has 159 valence electrons. The Morgan fingerprint density at radius 3 is 2.97 bits per heavy atom. The Bertz CT molecular complexity index is 1210. The first-order valence-corrected chi connectivity index (χ1v) is 9.86. The van der Waals surface area contributed by atoms with Gasteiger partial charge in [0.1, 0.15) is 12.3 Å². The van der Waals surface area contributed by atoms with Crippen LogP contribution in [-0.4, -0.2) is 53.9 Å². The van der Waals surface area contributed by atoms with Crippen LogP contribution in [0, 0.1) is 11.3 Å². The van der Waals surface area contributed by atoms with Gasteiger partial charge in [-0.15, -0.1) is 0 Å². The first kappa shape index (κ1) is 21.3. The Morgan fingerprint density at radius 1 is 1.41 bits per heavy atom. The number of pyridine rings is 1. The smallest absolute Gasteiger partial charge is 0.329 e. The number of hydrogen-bond donors (Lipinski definition) is 2. The summed E-state index contributed by atoms with van der Waals surface area (Å²) in [5.74, 6) is 0.905. The summed E-state index contributed by atoms with van der Waals surface area (Å²) in [6.07, 6.45) is 5.52. The lowest BCUT2D eigenvalue weighted by atomic mass is 9.83. The first-order chi connectivity index (χ1) is 15.5. The maximum atomic E-state index is 11.1. The monoisotopic (exact) mass is 427 g/mol. The number of ether oxygens (including phenoxy) is 1. The molecule has 0 unspecified atom stereocenters. The number of carbonyl (C=O) groups excluding carboxylic acids is 1. The predicted octanol–water partition coefficient (Wildman–Crippen LogP) is 2.04. The molecule has 0 fully saturated rings. The van der Waals surface area contributed by atoms with Crippen LogP contribution in [0.5, 0.6) is 5.75 Å². The molecule has 3 aromatic rings. The number of aromatic nitrogens is 3. The number of nitrogens with one attached hydrogen (secondary N) is 1. The molecule has 4 rings (SSSR count). The second-order valence-electron chi connectivity index (χ2n) is 7.63. The highest BCUT2D eigenvalue weighted by Gasteiger charge is 2.40. The lowest BCUT2D eigenvalue weighted by molar-refractivity contribution is 0.217. The molecule has 1 aromatic carbocycles. The highest BCUT2D eigenvalue weighted by molar-refractivity contribution is 6.70. The molecule has 0 amide bonds. The summed E-state index contributed by atoms with van der Waals surface area (Å²) in [5.41, 5.74) is 3.17. The number of aliphatic hydroxyl groups excluding tert-OH is 1. The van der Waals surface area contributed by atoms with Gasteiger partial charge < -0.3 is 24.8 Å². The number of methoxy groups -OCH3 is 1. The number of carbonyl (C=O) groups is 1. The van der Waals surface area contributed by atoms with Gasteiger partial charge in [-0.2, -0.15) is 5.26 Å². The minimum atomic E-state index is -0.630. The molecular formula is C22H20BN6O3. The molecular weight excluding hydrogens is 407 g/mol. The topological polar surface area (TPSA) is 124 Å². The average molecular weight is 427 g/mol. The van der Waals surface area contributed by atoms with Gasteiger partial charge in [0.2, 0.25) is 5.95 Å². The van der Waals surface area contributed by atoms with Crippen molar-refractivity contribution in [3.05, 3.63) is 54.0 Å². The van der Waals surface area contributed by atoms with Crippen LogP contribution in [0.4, 0.5) is 17.3 Å². The summed E-state index contributed by atoms with van der Waals surface area (Å²) in [5, 5.41) is 23.0. The van der Waals surface area contributed by atoms with Gasteiger partial charge in [0.05, 0.1) is 36.9 Å². The van der Waals surface area contributed by atoms with Crippen molar-refractivity contribution in [1.29, 1.82) is 5.26 Å². The molecule has 3 heterocycles. The molecule has 0 bridgehead atoms. The van der Waals surface area contributed by atoms with Gasteiger partial charge >= 0.3 is 7.41 Å². The quantitative estimate of drug-likeness (QED) is 0.431. The molecule has 0 aliphatic carbocycles. The molecule has 2 N–H and O–H groups in total. The molecule has 1 radical (unpaired) electrons. The van der Waals surface area contributed by atoms with E-state index in [2.05, 4.69) is 26.3 Å². The third-order valence-corrected chi connectivity index (χ3v) is 5.48. The van der Waals surface area contributed by atoms with Gasteiger partial charge in [0.15, 0.2) is 5.75 Å². The van der Waals surface area contributed by atoms with E-state index in [9.17, 15) is 15.2 Å². The largest absolute Gasteiger partial charge is 0.493 e. The lowest BCUT2D eigenvalue weighted by Gasteiger charge is -2.23. The number of nitrogens with zero attached hydrogens (tertiary/aromatic N) is 5. The standard InChI is InChI=1S/C22H20BN6O3/c1-22(12-30)11-29(23-13-31)20-15(9-24)7-14(8-16(20)22)17-4-6-26-21(27-17)28-18-3-5-25-10-19(18)32-2/h3-8,10,13,30H,11-12H2,1-2H3,(H,25,26,27,28)/t22-/m1/s1. The zero-order valence-electron chi connectivity index (χ0n) is 17.6. The van der Waals surface area contributed by atoms with E-state index in [4.69, 9.17) is 4.74 Å². The van der Waals surface area contributed by atoms with E-state index in [1.807, 2.05) is 13.0 Å². The van der Waals surface area contributed by atoms with Crippen molar-refractivity contribution in [1.82, 2.24) is 15.0 Å². The second kappa shape index (κ2) is 8.65. The number of rotatable bonds is 7. The van der Waals surface area contributed by atoms with Gasteiger partial charge in [0, 0.05) is 35.6 Å². The number of benzene rings is 1. The van der Waals surface area contributed by atoms with E-state index in [0.717, 1.165) is 5.56 Å². The Hall–Kier alpha value is -3.97. The van der Waals surface area contributed by atoms with E-state index >= 15 is 0 Å². The number of fused-ring (bicyclic) bond motifs is 1. The van der Waals surface area contributed by atoms with Gasteiger partial charge in [-0.05, 0) is 29.8 Å².